The second-order valence-corrected chi connectivity index (χ2v) is 7.84. The number of hydrogen-bond donors (Lipinski definition) is 2. The average molecular weight is 310 g/mol. The van der Waals surface area contributed by atoms with Crippen LogP contribution in [0.25, 0.3) is 0 Å². The third-order valence-corrected chi connectivity index (χ3v) is 6.31. The molecule has 0 saturated carbocycles. The van der Waals surface area contributed by atoms with E-state index in [1.54, 1.807) is 0 Å². The van der Waals surface area contributed by atoms with Crippen molar-refractivity contribution >= 4 is 10.0 Å². The maximum atomic E-state index is 12.6. The quantitative estimate of drug-likeness (QED) is 0.876. The van der Waals surface area contributed by atoms with Crippen LogP contribution in [0, 0.1) is 33.6 Å². The first-order valence-corrected chi connectivity index (χ1v) is 9.09. The van der Waals surface area contributed by atoms with Crippen LogP contribution < -0.4 is 10.0 Å². The molecule has 1 heterocycles. The van der Waals surface area contributed by atoms with Gasteiger partial charge in [0.2, 0.25) is 10.0 Å². The fourth-order valence-corrected chi connectivity index (χ4v) is 4.67. The summed E-state index contributed by atoms with van der Waals surface area (Å²) in [5, 5.41) is 3.31. The minimum absolute atomic E-state index is 0.463. The van der Waals surface area contributed by atoms with Crippen LogP contribution >= 0.6 is 0 Å². The maximum Gasteiger partial charge on any atom is 0.241 e. The molecule has 5 heteroatoms. The van der Waals surface area contributed by atoms with Crippen molar-refractivity contribution < 1.29 is 8.42 Å². The van der Waals surface area contributed by atoms with E-state index in [4.69, 9.17) is 0 Å². The van der Waals surface area contributed by atoms with Crippen molar-refractivity contribution in [3.8, 4) is 0 Å². The number of sulfonamides is 1. The first-order valence-electron chi connectivity index (χ1n) is 7.60. The van der Waals surface area contributed by atoms with E-state index >= 15 is 0 Å². The molecular weight excluding hydrogens is 284 g/mol. The summed E-state index contributed by atoms with van der Waals surface area (Å²) in [6.07, 6.45) is 2.04. The molecule has 1 aliphatic heterocycles. The van der Waals surface area contributed by atoms with Gasteiger partial charge in [0.1, 0.15) is 0 Å². The van der Waals surface area contributed by atoms with E-state index in [2.05, 4.69) is 10.0 Å². The summed E-state index contributed by atoms with van der Waals surface area (Å²) in [7, 11) is -3.43. The van der Waals surface area contributed by atoms with Gasteiger partial charge in [-0.05, 0) is 81.8 Å². The number of aryl methyl sites for hydroxylation is 2. The Balaban J connectivity index is 2.15. The highest BCUT2D eigenvalue weighted by atomic mass is 32.2. The lowest BCUT2D eigenvalue weighted by Gasteiger charge is -2.17. The number of rotatable bonds is 5. The minimum atomic E-state index is -3.43. The molecule has 118 valence electrons. The highest BCUT2D eigenvalue weighted by Gasteiger charge is 2.22. The van der Waals surface area contributed by atoms with Gasteiger partial charge in [0, 0.05) is 6.54 Å². The molecule has 0 spiro atoms. The van der Waals surface area contributed by atoms with E-state index in [1.807, 2.05) is 33.8 Å². The van der Waals surface area contributed by atoms with Crippen LogP contribution in [0.2, 0.25) is 0 Å². The zero-order valence-electron chi connectivity index (χ0n) is 13.4. The van der Waals surface area contributed by atoms with Crippen molar-refractivity contribution in [3.63, 3.8) is 0 Å². The molecule has 0 aliphatic carbocycles. The molecule has 1 unspecified atom stereocenters. The summed E-state index contributed by atoms with van der Waals surface area (Å²) < 4.78 is 28.0. The third-order valence-electron chi connectivity index (χ3n) is 4.57. The lowest BCUT2D eigenvalue weighted by atomic mass is 10.0. The van der Waals surface area contributed by atoms with E-state index < -0.39 is 10.0 Å². The Morgan fingerprint density at radius 3 is 2.33 bits per heavy atom. The Hall–Kier alpha value is -0.910. The monoisotopic (exact) mass is 310 g/mol. The lowest BCUT2D eigenvalue weighted by molar-refractivity contribution is 0.519. The van der Waals surface area contributed by atoms with Crippen LogP contribution in [0.4, 0.5) is 0 Å². The summed E-state index contributed by atoms with van der Waals surface area (Å²) >= 11 is 0. The van der Waals surface area contributed by atoms with E-state index in [0.29, 0.717) is 17.4 Å². The van der Waals surface area contributed by atoms with Crippen molar-refractivity contribution in [2.24, 2.45) is 5.92 Å². The Bertz CT molecular complexity index is 591. The van der Waals surface area contributed by atoms with E-state index in [9.17, 15) is 8.42 Å². The average Bonchev–Trinajstić information content (AvgIpc) is 2.89. The second-order valence-electron chi connectivity index (χ2n) is 6.13. The summed E-state index contributed by atoms with van der Waals surface area (Å²) in [6, 6.07) is 2.05. The molecule has 0 radical (unpaired) electrons. The van der Waals surface area contributed by atoms with Crippen LogP contribution in [0.3, 0.4) is 0 Å². The maximum absolute atomic E-state index is 12.6. The Morgan fingerprint density at radius 1 is 1.19 bits per heavy atom. The SMILES string of the molecule is Cc1cc(C)c(C)c(S(=O)(=O)NCCC2CCNC2)c1C. The molecule has 1 fully saturated rings. The Labute approximate surface area is 128 Å². The molecule has 0 aromatic heterocycles. The minimum Gasteiger partial charge on any atom is -0.316 e. The standard InChI is InChI=1S/C16H26N2O2S/c1-11-9-12(2)14(4)16(13(11)3)21(19,20)18-8-6-15-5-7-17-10-15/h9,15,17-18H,5-8,10H2,1-4H3. The van der Waals surface area contributed by atoms with Crippen LogP contribution in [0.1, 0.15) is 35.1 Å². The van der Waals surface area contributed by atoms with Gasteiger partial charge in [-0.3, -0.25) is 0 Å². The highest BCUT2D eigenvalue weighted by molar-refractivity contribution is 7.89. The van der Waals surface area contributed by atoms with Gasteiger partial charge in [-0.1, -0.05) is 6.07 Å². The molecule has 1 saturated heterocycles. The van der Waals surface area contributed by atoms with Gasteiger partial charge >= 0.3 is 0 Å². The topological polar surface area (TPSA) is 58.2 Å². The highest BCUT2D eigenvalue weighted by Crippen LogP contribution is 2.26. The second kappa shape index (κ2) is 6.46. The van der Waals surface area contributed by atoms with Crippen molar-refractivity contribution in [3.05, 3.63) is 28.3 Å². The van der Waals surface area contributed by atoms with Gasteiger partial charge in [-0.25, -0.2) is 13.1 Å². The lowest BCUT2D eigenvalue weighted by Crippen LogP contribution is -2.28. The van der Waals surface area contributed by atoms with Crippen LogP contribution in [-0.2, 0) is 10.0 Å². The summed E-state index contributed by atoms with van der Waals surface area (Å²) in [4.78, 5) is 0.463. The molecule has 2 N–H and O–H groups in total. The van der Waals surface area contributed by atoms with Crippen LogP contribution in [-0.4, -0.2) is 28.1 Å². The molecular formula is C16H26N2O2S. The van der Waals surface area contributed by atoms with Crippen LogP contribution in [0.15, 0.2) is 11.0 Å². The predicted molar refractivity (Wildman–Crippen MR) is 86.2 cm³/mol. The fraction of sp³-hybridized carbons (Fsp3) is 0.625. The van der Waals surface area contributed by atoms with Gasteiger partial charge < -0.3 is 5.32 Å². The molecule has 1 aromatic rings. The fourth-order valence-electron chi connectivity index (χ4n) is 3.01. The molecule has 1 aromatic carbocycles. The van der Waals surface area contributed by atoms with Crippen molar-refractivity contribution in [1.82, 2.24) is 10.0 Å². The smallest absolute Gasteiger partial charge is 0.241 e. The van der Waals surface area contributed by atoms with Gasteiger partial charge in [0.25, 0.3) is 0 Å². The first-order chi connectivity index (χ1) is 9.83. The molecule has 4 nitrogen and oxygen atoms in total. The van der Waals surface area contributed by atoms with Crippen molar-refractivity contribution in [2.75, 3.05) is 19.6 Å². The normalized spacial score (nSPS) is 19.1. The summed E-state index contributed by atoms with van der Waals surface area (Å²) in [6.45, 7) is 10.3. The van der Waals surface area contributed by atoms with E-state index in [-0.39, 0.29) is 0 Å². The third kappa shape index (κ3) is 3.65. The number of benzene rings is 1. The molecule has 21 heavy (non-hydrogen) atoms. The van der Waals surface area contributed by atoms with Crippen molar-refractivity contribution in [1.29, 1.82) is 0 Å². The van der Waals surface area contributed by atoms with E-state index in [0.717, 1.165) is 48.2 Å². The zero-order chi connectivity index (χ0) is 15.6. The first kappa shape index (κ1) is 16.5. The predicted octanol–water partition coefficient (Wildman–Crippen LogP) is 2.20. The number of nitrogens with one attached hydrogen (secondary N) is 2. The zero-order valence-corrected chi connectivity index (χ0v) is 14.2. The van der Waals surface area contributed by atoms with Crippen molar-refractivity contribution in [2.45, 2.75) is 45.4 Å². The Kier molecular flexibility index (Phi) is 5.07. The summed E-state index contributed by atoms with van der Waals surface area (Å²) in [5.74, 6) is 0.592. The molecule has 0 amide bonds. The molecule has 0 bridgehead atoms. The van der Waals surface area contributed by atoms with Gasteiger partial charge in [0.15, 0.2) is 0 Å². The van der Waals surface area contributed by atoms with E-state index in [1.165, 1.54) is 0 Å². The number of hydrogen-bond acceptors (Lipinski definition) is 3. The molecule has 2 rings (SSSR count). The molecule has 1 aliphatic rings. The van der Waals surface area contributed by atoms with Gasteiger partial charge in [-0.2, -0.15) is 0 Å². The van der Waals surface area contributed by atoms with Gasteiger partial charge in [-0.15, -0.1) is 0 Å². The van der Waals surface area contributed by atoms with Gasteiger partial charge in [0.05, 0.1) is 4.90 Å². The molecule has 1 atom stereocenters. The van der Waals surface area contributed by atoms with Crippen LogP contribution in [0.5, 0.6) is 0 Å². The largest absolute Gasteiger partial charge is 0.316 e. The summed E-state index contributed by atoms with van der Waals surface area (Å²) in [5.41, 5.74) is 3.76. The Morgan fingerprint density at radius 2 is 1.81 bits per heavy atom.